The van der Waals surface area contributed by atoms with Gasteiger partial charge in [-0.05, 0) is 50.3 Å². The predicted octanol–water partition coefficient (Wildman–Crippen LogP) is 2.04. The van der Waals surface area contributed by atoms with Gasteiger partial charge in [0.05, 0.1) is 0 Å². The minimum Gasteiger partial charge on any atom is -0.356 e. The molecule has 2 aliphatic heterocycles. The van der Waals surface area contributed by atoms with E-state index in [1.165, 1.54) is 19.3 Å². The van der Waals surface area contributed by atoms with Gasteiger partial charge in [0.1, 0.15) is 18.0 Å². The third kappa shape index (κ3) is 4.30. The fourth-order valence-corrected chi connectivity index (χ4v) is 4.54. The van der Waals surface area contributed by atoms with Gasteiger partial charge >= 0.3 is 0 Å². The average molecular weight is 421 g/mol. The monoisotopic (exact) mass is 420 g/mol. The summed E-state index contributed by atoms with van der Waals surface area (Å²) in [6.07, 6.45) is 8.79. The van der Waals surface area contributed by atoms with Crippen LogP contribution in [0.15, 0.2) is 36.8 Å². The molecule has 3 aromatic rings. The summed E-state index contributed by atoms with van der Waals surface area (Å²) >= 11 is 0. The lowest BCUT2D eigenvalue weighted by molar-refractivity contribution is -0.125. The van der Waals surface area contributed by atoms with E-state index in [9.17, 15) is 4.79 Å². The standard InChI is InChI=1S/C22H28N8O/c31-22(24-15-18-5-4-10-23-21(18)29-11-2-1-3-12-29)17-8-13-28(14-9-17)20-7-6-19-26-25-16-30(19)27-20/h4-7,10,16-17H,1-3,8-9,11-15H2,(H,24,31). The van der Waals surface area contributed by atoms with Gasteiger partial charge in [-0.2, -0.15) is 4.52 Å². The summed E-state index contributed by atoms with van der Waals surface area (Å²) in [4.78, 5) is 22.0. The number of pyridine rings is 1. The number of carbonyl (C=O) groups is 1. The maximum absolute atomic E-state index is 12.8. The minimum absolute atomic E-state index is 0.0324. The molecule has 0 atom stereocenters. The molecule has 1 N–H and O–H groups in total. The van der Waals surface area contributed by atoms with Crippen molar-refractivity contribution in [1.29, 1.82) is 0 Å². The first kappa shape index (κ1) is 19.7. The predicted molar refractivity (Wildman–Crippen MR) is 118 cm³/mol. The quantitative estimate of drug-likeness (QED) is 0.675. The van der Waals surface area contributed by atoms with Crippen LogP contribution in [0.2, 0.25) is 0 Å². The summed E-state index contributed by atoms with van der Waals surface area (Å²) in [6, 6.07) is 7.91. The molecular formula is C22H28N8O. The van der Waals surface area contributed by atoms with Gasteiger partial charge in [0.2, 0.25) is 5.91 Å². The first-order valence-electron chi connectivity index (χ1n) is 11.2. The Morgan fingerprint density at radius 1 is 1.03 bits per heavy atom. The number of piperidine rings is 2. The Balaban J connectivity index is 1.16. The highest BCUT2D eigenvalue weighted by Crippen LogP contribution is 2.24. The molecule has 1 amide bonds. The molecule has 2 aliphatic rings. The van der Waals surface area contributed by atoms with E-state index < -0.39 is 0 Å². The molecule has 9 heteroatoms. The molecule has 0 aromatic carbocycles. The molecule has 2 fully saturated rings. The van der Waals surface area contributed by atoms with Gasteiger partial charge in [-0.15, -0.1) is 15.3 Å². The molecule has 0 saturated carbocycles. The van der Waals surface area contributed by atoms with E-state index in [1.807, 2.05) is 24.4 Å². The van der Waals surface area contributed by atoms with E-state index in [2.05, 4.69) is 41.5 Å². The van der Waals surface area contributed by atoms with Crippen molar-refractivity contribution in [2.75, 3.05) is 36.0 Å². The number of fused-ring (bicyclic) bond motifs is 1. The Hall–Kier alpha value is -3.23. The van der Waals surface area contributed by atoms with Crippen LogP contribution in [0.4, 0.5) is 11.6 Å². The van der Waals surface area contributed by atoms with E-state index in [0.29, 0.717) is 6.54 Å². The number of nitrogens with one attached hydrogen (secondary N) is 1. The zero-order chi connectivity index (χ0) is 21.0. The van der Waals surface area contributed by atoms with Gasteiger partial charge in [0.15, 0.2) is 5.65 Å². The van der Waals surface area contributed by atoms with Crippen molar-refractivity contribution >= 4 is 23.2 Å². The molecule has 0 aliphatic carbocycles. The maximum Gasteiger partial charge on any atom is 0.223 e. The van der Waals surface area contributed by atoms with E-state index in [0.717, 1.165) is 61.9 Å². The van der Waals surface area contributed by atoms with Crippen LogP contribution >= 0.6 is 0 Å². The van der Waals surface area contributed by atoms with Crippen LogP contribution in [-0.4, -0.2) is 56.9 Å². The second kappa shape index (κ2) is 8.87. The van der Waals surface area contributed by atoms with Crippen LogP contribution in [0.3, 0.4) is 0 Å². The van der Waals surface area contributed by atoms with Crippen LogP contribution in [0.5, 0.6) is 0 Å². The molecule has 0 bridgehead atoms. The molecule has 5 heterocycles. The molecule has 9 nitrogen and oxygen atoms in total. The van der Waals surface area contributed by atoms with Crippen molar-refractivity contribution in [3.05, 3.63) is 42.4 Å². The lowest BCUT2D eigenvalue weighted by Crippen LogP contribution is -2.41. The van der Waals surface area contributed by atoms with E-state index in [1.54, 1.807) is 10.8 Å². The Labute approximate surface area is 181 Å². The smallest absolute Gasteiger partial charge is 0.223 e. The Kier molecular flexibility index (Phi) is 5.64. The highest BCUT2D eigenvalue weighted by atomic mass is 16.1. The summed E-state index contributed by atoms with van der Waals surface area (Å²) in [5, 5.41) is 15.6. The first-order valence-corrected chi connectivity index (χ1v) is 11.2. The van der Waals surface area contributed by atoms with Gasteiger partial charge in [-0.3, -0.25) is 4.79 Å². The highest BCUT2D eigenvalue weighted by Gasteiger charge is 2.26. The number of aromatic nitrogens is 5. The third-order valence-electron chi connectivity index (χ3n) is 6.31. The van der Waals surface area contributed by atoms with Gasteiger partial charge in [0.25, 0.3) is 0 Å². The first-order chi connectivity index (χ1) is 15.3. The van der Waals surface area contributed by atoms with Crippen LogP contribution < -0.4 is 15.1 Å². The van der Waals surface area contributed by atoms with E-state index >= 15 is 0 Å². The second-order valence-corrected chi connectivity index (χ2v) is 8.34. The summed E-state index contributed by atoms with van der Waals surface area (Å²) < 4.78 is 1.68. The molecule has 0 unspecified atom stereocenters. The summed E-state index contributed by atoms with van der Waals surface area (Å²) in [5.74, 6) is 2.08. The van der Waals surface area contributed by atoms with Crippen LogP contribution in [0, 0.1) is 5.92 Å². The molecular weight excluding hydrogens is 392 g/mol. The number of nitrogens with zero attached hydrogens (tertiary/aromatic N) is 7. The van der Waals surface area contributed by atoms with E-state index in [4.69, 9.17) is 0 Å². The van der Waals surface area contributed by atoms with Gasteiger partial charge in [-0.25, -0.2) is 4.98 Å². The molecule has 2 saturated heterocycles. The lowest BCUT2D eigenvalue weighted by Gasteiger charge is -2.32. The molecule has 3 aromatic heterocycles. The van der Waals surface area contributed by atoms with Gasteiger partial charge < -0.3 is 15.1 Å². The van der Waals surface area contributed by atoms with Crippen molar-refractivity contribution in [1.82, 2.24) is 30.1 Å². The number of amides is 1. The Bertz CT molecular complexity index is 1040. The van der Waals surface area contributed by atoms with Crippen molar-refractivity contribution < 1.29 is 4.79 Å². The molecule has 162 valence electrons. The van der Waals surface area contributed by atoms with Crippen molar-refractivity contribution in [2.24, 2.45) is 5.92 Å². The van der Waals surface area contributed by atoms with Gasteiger partial charge in [0, 0.05) is 50.4 Å². The van der Waals surface area contributed by atoms with E-state index in [-0.39, 0.29) is 11.8 Å². The lowest BCUT2D eigenvalue weighted by atomic mass is 9.96. The summed E-state index contributed by atoms with van der Waals surface area (Å²) in [7, 11) is 0. The largest absolute Gasteiger partial charge is 0.356 e. The number of rotatable bonds is 5. The number of hydrogen-bond acceptors (Lipinski definition) is 7. The molecule has 31 heavy (non-hydrogen) atoms. The fraction of sp³-hybridized carbons (Fsp3) is 0.500. The summed E-state index contributed by atoms with van der Waals surface area (Å²) in [6.45, 7) is 4.25. The maximum atomic E-state index is 12.8. The Morgan fingerprint density at radius 2 is 1.87 bits per heavy atom. The topological polar surface area (TPSA) is 91.5 Å². The molecule has 0 spiro atoms. The van der Waals surface area contributed by atoms with Crippen LogP contribution in [0.1, 0.15) is 37.7 Å². The van der Waals surface area contributed by atoms with Crippen LogP contribution in [-0.2, 0) is 11.3 Å². The van der Waals surface area contributed by atoms with Crippen molar-refractivity contribution in [3.63, 3.8) is 0 Å². The van der Waals surface area contributed by atoms with Gasteiger partial charge in [-0.1, -0.05) is 6.07 Å². The summed E-state index contributed by atoms with van der Waals surface area (Å²) in [5.41, 5.74) is 1.83. The van der Waals surface area contributed by atoms with Crippen molar-refractivity contribution in [3.8, 4) is 0 Å². The SMILES string of the molecule is O=C(NCc1cccnc1N1CCCCC1)C1CCN(c2ccc3nncn3n2)CC1. The minimum atomic E-state index is 0.0324. The Morgan fingerprint density at radius 3 is 2.71 bits per heavy atom. The zero-order valence-electron chi connectivity index (χ0n) is 17.7. The van der Waals surface area contributed by atoms with Crippen molar-refractivity contribution in [2.45, 2.75) is 38.6 Å². The molecule has 5 rings (SSSR count). The number of hydrogen-bond donors (Lipinski definition) is 1. The van der Waals surface area contributed by atoms with Crippen LogP contribution in [0.25, 0.3) is 5.65 Å². The normalized spacial score (nSPS) is 17.8. The highest BCUT2D eigenvalue weighted by molar-refractivity contribution is 5.79. The average Bonchev–Trinajstić information content (AvgIpc) is 3.31. The second-order valence-electron chi connectivity index (χ2n) is 8.34. The number of carbonyl (C=O) groups excluding carboxylic acids is 1. The molecule has 0 radical (unpaired) electrons. The fourth-order valence-electron chi connectivity index (χ4n) is 4.54. The third-order valence-corrected chi connectivity index (χ3v) is 6.31. The zero-order valence-corrected chi connectivity index (χ0v) is 17.7. The number of anilines is 2.